The van der Waals surface area contributed by atoms with E-state index in [1.807, 2.05) is 0 Å². The van der Waals surface area contributed by atoms with Gasteiger partial charge >= 0.3 is 5.76 Å². The third-order valence-electron chi connectivity index (χ3n) is 2.21. The van der Waals surface area contributed by atoms with Crippen molar-refractivity contribution in [2.45, 2.75) is 19.4 Å². The van der Waals surface area contributed by atoms with E-state index in [1.165, 1.54) is 4.57 Å². The zero-order chi connectivity index (χ0) is 10.7. The largest absolute Gasteiger partial charge is 0.421 e. The Morgan fingerprint density at radius 3 is 3.13 bits per heavy atom. The number of aryl methyl sites for hydroxylation is 1. The molecule has 2 aromatic heterocycles. The van der Waals surface area contributed by atoms with Gasteiger partial charge in [0.1, 0.15) is 0 Å². The van der Waals surface area contributed by atoms with Gasteiger partial charge in [0.25, 0.3) is 0 Å². The molecule has 0 fully saturated rings. The summed E-state index contributed by atoms with van der Waals surface area (Å²) >= 11 is 0. The quantitative estimate of drug-likeness (QED) is 0.753. The number of hydrogen-bond acceptors (Lipinski definition) is 4. The van der Waals surface area contributed by atoms with Crippen LogP contribution in [0.1, 0.15) is 12.8 Å². The van der Waals surface area contributed by atoms with E-state index in [4.69, 9.17) is 9.52 Å². The number of nitrogens with zero attached hydrogens (tertiary/aromatic N) is 2. The van der Waals surface area contributed by atoms with Gasteiger partial charge in [0.15, 0.2) is 11.2 Å². The summed E-state index contributed by atoms with van der Waals surface area (Å²) in [6, 6.07) is 3.44. The minimum Gasteiger partial charge on any atom is -0.406 e. The highest BCUT2D eigenvalue weighted by molar-refractivity contribution is 5.67. The van der Waals surface area contributed by atoms with E-state index in [0.29, 0.717) is 24.2 Å². The second-order valence-corrected chi connectivity index (χ2v) is 3.28. The van der Waals surface area contributed by atoms with E-state index in [-0.39, 0.29) is 12.4 Å². The maximum Gasteiger partial charge on any atom is 0.421 e. The van der Waals surface area contributed by atoms with Crippen molar-refractivity contribution in [1.82, 2.24) is 9.55 Å². The van der Waals surface area contributed by atoms with Crippen LogP contribution in [-0.4, -0.2) is 21.3 Å². The Morgan fingerprint density at radius 2 is 2.33 bits per heavy atom. The second-order valence-electron chi connectivity index (χ2n) is 3.28. The lowest BCUT2D eigenvalue weighted by atomic mass is 10.3. The SMILES string of the molecule is O=c1oc2cccnc2n1CCCCO. The molecule has 0 saturated carbocycles. The molecule has 0 aromatic carbocycles. The van der Waals surface area contributed by atoms with Gasteiger partial charge in [-0.3, -0.25) is 4.57 Å². The summed E-state index contributed by atoms with van der Waals surface area (Å²) in [5, 5.41) is 8.65. The van der Waals surface area contributed by atoms with E-state index in [0.717, 1.165) is 6.42 Å². The van der Waals surface area contributed by atoms with Crippen LogP contribution in [0.4, 0.5) is 0 Å². The van der Waals surface area contributed by atoms with Crippen molar-refractivity contribution in [2.24, 2.45) is 0 Å². The number of aliphatic hydroxyl groups excluding tert-OH is 1. The molecular weight excluding hydrogens is 196 g/mol. The molecule has 15 heavy (non-hydrogen) atoms. The lowest BCUT2D eigenvalue weighted by Gasteiger charge is -1.99. The molecule has 0 spiro atoms. The van der Waals surface area contributed by atoms with Crippen molar-refractivity contribution in [3.8, 4) is 0 Å². The lowest BCUT2D eigenvalue weighted by Crippen LogP contribution is -2.14. The van der Waals surface area contributed by atoms with Crippen LogP contribution in [0, 0.1) is 0 Å². The van der Waals surface area contributed by atoms with Crippen molar-refractivity contribution < 1.29 is 9.52 Å². The average molecular weight is 208 g/mol. The van der Waals surface area contributed by atoms with Gasteiger partial charge in [-0.15, -0.1) is 0 Å². The van der Waals surface area contributed by atoms with Crippen LogP contribution >= 0.6 is 0 Å². The van der Waals surface area contributed by atoms with Gasteiger partial charge < -0.3 is 9.52 Å². The predicted octanol–water partition coefficient (Wildman–Crippen LogP) is 0.762. The summed E-state index contributed by atoms with van der Waals surface area (Å²) in [4.78, 5) is 15.5. The zero-order valence-corrected chi connectivity index (χ0v) is 8.22. The topological polar surface area (TPSA) is 68.3 Å². The highest BCUT2D eigenvalue weighted by atomic mass is 16.4. The standard InChI is InChI=1S/C10H12N2O3/c13-7-2-1-6-12-9-8(15-10(12)14)4-3-5-11-9/h3-5,13H,1-2,6-7H2. The number of unbranched alkanes of at least 4 members (excludes halogenated alkanes) is 1. The van der Waals surface area contributed by atoms with Gasteiger partial charge in [0.05, 0.1) is 0 Å². The summed E-state index contributed by atoms with van der Waals surface area (Å²) < 4.78 is 6.50. The fraction of sp³-hybridized carbons (Fsp3) is 0.400. The highest BCUT2D eigenvalue weighted by Gasteiger charge is 2.08. The van der Waals surface area contributed by atoms with Crippen LogP contribution in [0.3, 0.4) is 0 Å². The molecule has 2 aromatic rings. The van der Waals surface area contributed by atoms with E-state index < -0.39 is 0 Å². The fourth-order valence-electron chi connectivity index (χ4n) is 1.48. The van der Waals surface area contributed by atoms with Crippen molar-refractivity contribution in [2.75, 3.05) is 6.61 Å². The summed E-state index contributed by atoms with van der Waals surface area (Å²) in [7, 11) is 0. The summed E-state index contributed by atoms with van der Waals surface area (Å²) in [5.41, 5.74) is 1.08. The molecule has 2 rings (SSSR count). The fourth-order valence-corrected chi connectivity index (χ4v) is 1.48. The molecule has 2 heterocycles. The molecule has 5 heteroatoms. The van der Waals surface area contributed by atoms with Gasteiger partial charge in [-0.2, -0.15) is 0 Å². The lowest BCUT2D eigenvalue weighted by molar-refractivity contribution is 0.280. The average Bonchev–Trinajstić information content (AvgIpc) is 2.56. The Kier molecular flexibility index (Phi) is 2.82. The molecule has 0 unspecified atom stereocenters. The van der Waals surface area contributed by atoms with Crippen molar-refractivity contribution in [3.05, 3.63) is 28.9 Å². The van der Waals surface area contributed by atoms with Crippen LogP contribution in [0.5, 0.6) is 0 Å². The summed E-state index contributed by atoms with van der Waals surface area (Å²) in [6.07, 6.45) is 3.04. The molecule has 1 N–H and O–H groups in total. The smallest absolute Gasteiger partial charge is 0.406 e. The van der Waals surface area contributed by atoms with Gasteiger partial charge in [0, 0.05) is 19.3 Å². The molecule has 0 amide bonds. The van der Waals surface area contributed by atoms with E-state index in [9.17, 15) is 4.79 Å². The molecule has 80 valence electrons. The Hall–Kier alpha value is -1.62. The van der Waals surface area contributed by atoms with E-state index in [2.05, 4.69) is 4.98 Å². The Morgan fingerprint density at radius 1 is 1.47 bits per heavy atom. The van der Waals surface area contributed by atoms with Gasteiger partial charge in [-0.05, 0) is 25.0 Å². The Balaban J connectivity index is 2.33. The molecule has 0 atom stereocenters. The highest BCUT2D eigenvalue weighted by Crippen LogP contribution is 2.09. The van der Waals surface area contributed by atoms with Gasteiger partial charge in [-0.1, -0.05) is 0 Å². The summed E-state index contributed by atoms with van der Waals surface area (Å²) in [5.74, 6) is -0.387. The first kappa shape index (κ1) is 9.92. The minimum absolute atomic E-state index is 0.137. The number of hydrogen-bond donors (Lipinski definition) is 1. The van der Waals surface area contributed by atoms with E-state index >= 15 is 0 Å². The molecule has 0 saturated heterocycles. The van der Waals surface area contributed by atoms with Gasteiger partial charge in [-0.25, -0.2) is 9.78 Å². The predicted molar refractivity (Wildman–Crippen MR) is 54.6 cm³/mol. The van der Waals surface area contributed by atoms with Crippen molar-refractivity contribution in [3.63, 3.8) is 0 Å². The third-order valence-corrected chi connectivity index (χ3v) is 2.21. The van der Waals surface area contributed by atoms with Crippen LogP contribution < -0.4 is 5.76 Å². The molecule has 0 aliphatic carbocycles. The maximum absolute atomic E-state index is 11.4. The molecule has 0 bridgehead atoms. The van der Waals surface area contributed by atoms with Crippen LogP contribution in [0.15, 0.2) is 27.5 Å². The van der Waals surface area contributed by atoms with Crippen LogP contribution in [-0.2, 0) is 6.54 Å². The van der Waals surface area contributed by atoms with Crippen molar-refractivity contribution in [1.29, 1.82) is 0 Å². The Bertz CT molecular complexity index is 501. The van der Waals surface area contributed by atoms with Crippen molar-refractivity contribution >= 4 is 11.2 Å². The number of oxazole rings is 1. The molecule has 0 aliphatic rings. The number of fused-ring (bicyclic) bond motifs is 1. The number of pyridine rings is 1. The van der Waals surface area contributed by atoms with Crippen LogP contribution in [0.2, 0.25) is 0 Å². The van der Waals surface area contributed by atoms with E-state index in [1.54, 1.807) is 18.3 Å². The zero-order valence-electron chi connectivity index (χ0n) is 8.22. The molecule has 5 nitrogen and oxygen atoms in total. The first-order valence-electron chi connectivity index (χ1n) is 4.88. The Labute approximate surface area is 86.0 Å². The normalized spacial score (nSPS) is 11.0. The monoisotopic (exact) mass is 208 g/mol. The number of rotatable bonds is 4. The molecular formula is C10H12N2O3. The van der Waals surface area contributed by atoms with Gasteiger partial charge in [0.2, 0.25) is 0 Å². The number of aromatic nitrogens is 2. The molecule has 0 aliphatic heterocycles. The third kappa shape index (κ3) is 1.92. The number of aliphatic hydroxyl groups is 1. The minimum atomic E-state index is -0.387. The van der Waals surface area contributed by atoms with Crippen LogP contribution in [0.25, 0.3) is 11.2 Å². The molecule has 0 radical (unpaired) electrons. The first-order valence-corrected chi connectivity index (χ1v) is 4.88. The first-order chi connectivity index (χ1) is 7.33. The summed E-state index contributed by atoms with van der Waals surface area (Å²) in [6.45, 7) is 0.668. The second kappa shape index (κ2) is 4.27. The maximum atomic E-state index is 11.4.